The molecule has 0 fully saturated rings. The van der Waals surface area contributed by atoms with Crippen LogP contribution in [0.1, 0.15) is 0 Å². The molecule has 0 radical (unpaired) electrons. The van der Waals surface area contributed by atoms with E-state index in [1.54, 1.807) is 0 Å². The quantitative estimate of drug-likeness (QED) is 0.434. The Morgan fingerprint density at radius 2 is 1.10 bits per heavy atom. The predicted molar refractivity (Wildman–Crippen MR) is 106 cm³/mol. The van der Waals surface area contributed by atoms with E-state index in [9.17, 15) is 0 Å². The van der Waals surface area contributed by atoms with Gasteiger partial charge < -0.3 is 0 Å². The average molecular weight is 604 g/mol. The van der Waals surface area contributed by atoms with Crippen LogP contribution in [0.5, 0.6) is 0 Å². The fourth-order valence-electron chi connectivity index (χ4n) is 4.01. The Morgan fingerprint density at radius 3 is 1.38 bits per heavy atom. The maximum absolute atomic E-state index is 2.66. The first-order chi connectivity index (χ1) is 9.39. The summed E-state index contributed by atoms with van der Waals surface area (Å²) < 4.78 is 5.27. The summed E-state index contributed by atoms with van der Waals surface area (Å²) in [4.78, 5) is 0. The van der Waals surface area contributed by atoms with Crippen molar-refractivity contribution in [1.82, 2.24) is 0 Å². The van der Waals surface area contributed by atoms with E-state index in [1.165, 1.54) is 0 Å². The van der Waals surface area contributed by atoms with Gasteiger partial charge >= 0.3 is 167 Å². The number of rotatable bonds is 4. The topological polar surface area (TPSA) is 0 Å². The van der Waals surface area contributed by atoms with Gasteiger partial charge in [-0.15, -0.1) is 0 Å². The molecule has 2 aliphatic rings. The second kappa shape index (κ2) is 6.39. The Morgan fingerprint density at radius 1 is 0.762 bits per heavy atom. The zero-order chi connectivity index (χ0) is 16.1. The molecule has 0 N–H and O–H groups in total. The van der Waals surface area contributed by atoms with E-state index in [2.05, 4.69) is 71.0 Å². The Hall–Kier alpha value is 2.01. The molecule has 0 aromatic rings. The molecule has 0 amide bonds. The van der Waals surface area contributed by atoms with Gasteiger partial charge in [-0.05, 0) is 0 Å². The minimum atomic E-state index is -1.68. The van der Waals surface area contributed by atoms with E-state index in [0.29, 0.717) is 3.91 Å². The van der Waals surface area contributed by atoms with Crippen LogP contribution in [0.3, 0.4) is 0 Å². The molecule has 2 atom stereocenters. The molecule has 0 aliphatic heterocycles. The fourth-order valence-corrected chi connectivity index (χ4v) is 72.9. The average Bonchev–Trinajstić information content (AvgIpc) is 2.80. The molecule has 2 unspecified atom stereocenters. The van der Waals surface area contributed by atoms with Crippen molar-refractivity contribution in [1.29, 1.82) is 0 Å². The molecule has 0 heterocycles. The summed E-state index contributed by atoms with van der Waals surface area (Å²) in [5.74, 6) is 15.6. The zero-order valence-corrected chi connectivity index (χ0v) is 30.0. The second-order valence-corrected chi connectivity index (χ2v) is 52.7. The first-order valence-electron chi connectivity index (χ1n) is 7.99. The van der Waals surface area contributed by atoms with Crippen LogP contribution >= 0.6 is 0 Å². The zero-order valence-electron chi connectivity index (χ0n) is 15.0. The Balaban J connectivity index is 2.34. The van der Waals surface area contributed by atoms with E-state index >= 15 is 0 Å². The van der Waals surface area contributed by atoms with Crippen molar-refractivity contribution in [2.75, 3.05) is 0 Å². The summed E-state index contributed by atoms with van der Waals surface area (Å²) in [5.41, 5.74) is 0. The molecule has 0 nitrogen and oxygen atoms in total. The predicted octanol–water partition coefficient (Wildman–Crippen LogP) is 2.78. The fraction of sp³-hybridized carbons (Fsp3) is 0.500. The van der Waals surface area contributed by atoms with Gasteiger partial charge in [-0.3, -0.25) is 0 Å². The molecule has 2 aliphatic carbocycles. The van der Waals surface area contributed by atoms with Crippen LogP contribution in [0.15, 0.2) is 45.3 Å². The second-order valence-electron chi connectivity index (χ2n) is 8.91. The van der Waals surface area contributed by atoms with Crippen molar-refractivity contribution in [3.63, 3.8) is 0 Å². The van der Waals surface area contributed by atoms with Gasteiger partial charge in [-0.2, -0.15) is 0 Å². The molecule has 0 bridgehead atoms. The van der Waals surface area contributed by atoms with Gasteiger partial charge in [0, 0.05) is 0 Å². The van der Waals surface area contributed by atoms with Crippen LogP contribution in [0.4, 0.5) is 0 Å². The summed E-state index contributed by atoms with van der Waals surface area (Å²) in [7, 11) is 0. The van der Waals surface area contributed by atoms with E-state index in [1.807, 2.05) is 8.81 Å². The number of allylic oxidation sites excluding steroid dienone is 8. The third-order valence-electron chi connectivity index (χ3n) is 4.64. The molecule has 0 saturated carbocycles. The van der Waals surface area contributed by atoms with Crippen molar-refractivity contribution >= 4 is 59.6 Å². The molecule has 0 aromatic heterocycles. The van der Waals surface area contributed by atoms with E-state index < -0.39 is 49.8 Å². The summed E-state index contributed by atoms with van der Waals surface area (Å²) in [5, 5.41) is 0. The minimum absolute atomic E-state index is 0.479. The van der Waals surface area contributed by atoms with Gasteiger partial charge in [0.2, 0.25) is 0 Å². The molecule has 114 valence electrons. The van der Waals surface area contributed by atoms with Gasteiger partial charge in [0.25, 0.3) is 0 Å². The Labute approximate surface area is 164 Å². The van der Waals surface area contributed by atoms with Crippen LogP contribution in [0.2, 0.25) is 38.4 Å². The standard InChI is InChI=1S/2C8H15Ge2.Zr/c2*1-10(2,3)8-6-4-5-7(8)9;/h2*4-6H,1-3,9H3;. The van der Waals surface area contributed by atoms with Crippen molar-refractivity contribution in [3.8, 4) is 0 Å². The van der Waals surface area contributed by atoms with E-state index in [-0.39, 0.29) is 0 Å². The molecule has 21 heavy (non-hydrogen) atoms. The van der Waals surface area contributed by atoms with E-state index in [4.69, 9.17) is 0 Å². The maximum atomic E-state index is 2.66. The molecular formula is C16H30Ge4Zr. The van der Waals surface area contributed by atoms with Crippen molar-refractivity contribution in [3.05, 3.63) is 45.3 Å². The SMILES string of the molecule is [CH3][Ge]([CH3])([CH3])[C]1=CC=C[C]1([GeH3])[Zr][C]1([GeH3])C=CC=[C]1[Ge]([CH3])([CH3])[CH3]. The molecule has 5 heteroatoms. The van der Waals surface area contributed by atoms with Crippen LogP contribution in [0.25, 0.3) is 0 Å². The van der Waals surface area contributed by atoms with Gasteiger partial charge in [-0.25, -0.2) is 0 Å². The molecule has 2 rings (SSSR count). The Kier molecular flexibility index (Phi) is 5.88. The van der Waals surface area contributed by atoms with Crippen LogP contribution in [0, 0.1) is 0 Å². The number of hydrogen-bond donors (Lipinski definition) is 0. The molecule has 0 spiro atoms. The van der Waals surface area contributed by atoms with Gasteiger partial charge in [0.15, 0.2) is 0 Å². The monoisotopic (exact) mass is 608 g/mol. The van der Waals surface area contributed by atoms with Crippen molar-refractivity contribution in [2.45, 2.75) is 38.4 Å². The summed E-state index contributed by atoms with van der Waals surface area (Å²) in [6, 6.07) is 0. The molecular weight excluding hydrogens is 574 g/mol. The first kappa shape index (κ1) is 19.3. The molecule has 0 aromatic carbocycles. The van der Waals surface area contributed by atoms with E-state index in [0.717, 1.165) is 33.0 Å². The Bertz CT molecular complexity index is 510. The summed E-state index contributed by atoms with van der Waals surface area (Å²) >= 11 is -2.00. The summed E-state index contributed by atoms with van der Waals surface area (Å²) in [6.07, 6.45) is 15.3. The van der Waals surface area contributed by atoms with Crippen LogP contribution in [-0.4, -0.2) is 59.6 Å². The van der Waals surface area contributed by atoms with Gasteiger partial charge in [-0.1, -0.05) is 0 Å². The number of hydrogen-bond acceptors (Lipinski definition) is 0. The van der Waals surface area contributed by atoms with Crippen molar-refractivity contribution in [2.24, 2.45) is 0 Å². The first-order valence-corrected chi connectivity index (χ1v) is 29.3. The summed E-state index contributed by atoms with van der Waals surface area (Å²) in [6.45, 7) is 0. The molecule has 0 saturated heterocycles. The third-order valence-corrected chi connectivity index (χ3v) is 35.8. The van der Waals surface area contributed by atoms with Gasteiger partial charge in [0.05, 0.1) is 0 Å². The van der Waals surface area contributed by atoms with Gasteiger partial charge in [0.1, 0.15) is 0 Å². The van der Waals surface area contributed by atoms with Crippen molar-refractivity contribution < 1.29 is 23.2 Å². The third kappa shape index (κ3) is 4.16. The van der Waals surface area contributed by atoms with Crippen LogP contribution < -0.4 is 0 Å². The normalized spacial score (nSPS) is 32.7. The van der Waals surface area contributed by atoms with Crippen LogP contribution in [-0.2, 0) is 23.2 Å².